The van der Waals surface area contributed by atoms with Crippen LogP contribution in [0.1, 0.15) is 25.7 Å². The van der Waals surface area contributed by atoms with Crippen LogP contribution in [0.2, 0.25) is 0 Å². The van der Waals surface area contributed by atoms with Crippen molar-refractivity contribution in [2.75, 3.05) is 12.3 Å². The Hall–Kier alpha value is 0.430. The van der Waals surface area contributed by atoms with Gasteiger partial charge in [-0.2, -0.15) is 0 Å². The fourth-order valence-electron chi connectivity index (χ4n) is 2.13. The maximum Gasteiger partial charge on any atom is -0.0325 e. The topological polar surface area (TPSA) is 0 Å². The molecule has 0 radical (unpaired) electrons. The molecule has 0 aromatic heterocycles. The summed E-state index contributed by atoms with van der Waals surface area (Å²) in [6.07, 6.45) is 9.43. The summed E-state index contributed by atoms with van der Waals surface area (Å²) in [6, 6.07) is 0. The molecule has 3 aliphatic rings. The summed E-state index contributed by atoms with van der Waals surface area (Å²) in [5, 5.41) is 0. The lowest BCUT2D eigenvalue weighted by Gasteiger charge is -2.21. The molecule has 0 N–H and O–H groups in total. The molecule has 3 fully saturated rings. The molecule has 2 heterocycles. The third-order valence-corrected chi connectivity index (χ3v) is 4.56. The first-order valence-electron chi connectivity index (χ1n) is 4.16. The van der Waals surface area contributed by atoms with Crippen molar-refractivity contribution < 1.29 is 0 Å². The zero-order chi connectivity index (χ0) is 6.10. The summed E-state index contributed by atoms with van der Waals surface area (Å²) < 4.78 is 0. The van der Waals surface area contributed by atoms with E-state index in [4.69, 9.17) is 0 Å². The van der Waals surface area contributed by atoms with Crippen LogP contribution in [-0.4, -0.2) is 12.3 Å². The predicted molar refractivity (Wildman–Crippen MR) is 43.5 cm³/mol. The van der Waals surface area contributed by atoms with E-state index in [9.17, 15) is 0 Å². The lowest BCUT2D eigenvalue weighted by atomic mass is 9.84. The SMILES string of the molecule is C1CC2CCC1CPC2. The third kappa shape index (κ3) is 1.29. The first kappa shape index (κ1) is 6.16. The lowest BCUT2D eigenvalue weighted by Crippen LogP contribution is -2.11. The second-order valence-corrected chi connectivity index (χ2v) is 4.86. The Kier molecular flexibility index (Phi) is 1.77. The summed E-state index contributed by atoms with van der Waals surface area (Å²) in [4.78, 5) is 0. The number of hydrogen-bond donors (Lipinski definition) is 0. The zero-order valence-electron chi connectivity index (χ0n) is 5.90. The molecule has 1 aliphatic carbocycles. The second kappa shape index (κ2) is 2.58. The summed E-state index contributed by atoms with van der Waals surface area (Å²) in [6.45, 7) is 0. The van der Waals surface area contributed by atoms with Crippen LogP contribution in [0.25, 0.3) is 0 Å². The highest BCUT2D eigenvalue weighted by Gasteiger charge is 2.24. The van der Waals surface area contributed by atoms with Crippen LogP contribution in [0.3, 0.4) is 0 Å². The zero-order valence-corrected chi connectivity index (χ0v) is 6.90. The summed E-state index contributed by atoms with van der Waals surface area (Å²) >= 11 is 0. The van der Waals surface area contributed by atoms with Crippen molar-refractivity contribution in [3.8, 4) is 0 Å². The normalized spacial score (nSPS) is 45.3. The van der Waals surface area contributed by atoms with Gasteiger partial charge in [0.1, 0.15) is 0 Å². The minimum atomic E-state index is 1.15. The molecule has 0 aromatic carbocycles. The van der Waals surface area contributed by atoms with Crippen LogP contribution in [0.5, 0.6) is 0 Å². The molecule has 2 aliphatic heterocycles. The molecule has 9 heavy (non-hydrogen) atoms. The van der Waals surface area contributed by atoms with Crippen LogP contribution in [0, 0.1) is 11.8 Å². The van der Waals surface area contributed by atoms with Gasteiger partial charge in [0.15, 0.2) is 0 Å². The molecular weight excluding hydrogens is 127 g/mol. The van der Waals surface area contributed by atoms with Gasteiger partial charge in [0.2, 0.25) is 0 Å². The van der Waals surface area contributed by atoms with Gasteiger partial charge in [-0.05, 0) is 49.8 Å². The Balaban J connectivity index is 2.03. The quantitative estimate of drug-likeness (QED) is 0.456. The molecule has 0 spiro atoms. The molecule has 0 nitrogen and oxygen atoms in total. The Morgan fingerprint density at radius 3 is 1.67 bits per heavy atom. The van der Waals surface area contributed by atoms with E-state index < -0.39 is 0 Å². The summed E-state index contributed by atoms with van der Waals surface area (Å²) in [7, 11) is 1.32. The first-order chi connectivity index (χ1) is 4.45. The second-order valence-electron chi connectivity index (χ2n) is 3.54. The van der Waals surface area contributed by atoms with E-state index in [1.54, 1.807) is 38.0 Å². The standard InChI is InChI=1S/C8H15P/c1-2-8-4-3-7(1)5-9-6-8/h7-9H,1-6H2. The van der Waals surface area contributed by atoms with Gasteiger partial charge in [0, 0.05) is 0 Å². The van der Waals surface area contributed by atoms with Gasteiger partial charge in [-0.3, -0.25) is 0 Å². The summed E-state index contributed by atoms with van der Waals surface area (Å²) in [5.41, 5.74) is 0. The predicted octanol–water partition coefficient (Wildman–Crippen LogP) is 2.48. The molecule has 0 amide bonds. The van der Waals surface area contributed by atoms with Crippen LogP contribution in [-0.2, 0) is 0 Å². The highest BCUT2D eigenvalue weighted by atomic mass is 31.1. The molecule has 0 aromatic rings. The highest BCUT2D eigenvalue weighted by molar-refractivity contribution is 7.38. The molecule has 1 heteroatoms. The van der Waals surface area contributed by atoms with Crippen molar-refractivity contribution in [1.82, 2.24) is 0 Å². The monoisotopic (exact) mass is 142 g/mol. The van der Waals surface area contributed by atoms with E-state index in [1.165, 1.54) is 8.58 Å². The molecular formula is C8H15P. The largest absolute Gasteiger partial charge is 0.122 e. The number of rotatable bonds is 0. The Morgan fingerprint density at radius 2 is 1.22 bits per heavy atom. The number of hydrogen-bond acceptors (Lipinski definition) is 0. The van der Waals surface area contributed by atoms with Crippen LogP contribution in [0.15, 0.2) is 0 Å². The minimum absolute atomic E-state index is 1.15. The van der Waals surface area contributed by atoms with Crippen molar-refractivity contribution in [2.45, 2.75) is 25.7 Å². The van der Waals surface area contributed by atoms with E-state index in [0.29, 0.717) is 0 Å². The molecule has 52 valence electrons. The van der Waals surface area contributed by atoms with Gasteiger partial charge < -0.3 is 0 Å². The van der Waals surface area contributed by atoms with Crippen LogP contribution < -0.4 is 0 Å². The molecule has 1 saturated carbocycles. The van der Waals surface area contributed by atoms with Gasteiger partial charge in [-0.1, -0.05) is 0 Å². The fourth-order valence-corrected chi connectivity index (χ4v) is 3.93. The van der Waals surface area contributed by atoms with Gasteiger partial charge in [0.25, 0.3) is 0 Å². The highest BCUT2D eigenvalue weighted by Crippen LogP contribution is 2.39. The van der Waals surface area contributed by atoms with E-state index in [1.807, 2.05) is 0 Å². The molecule has 2 bridgehead atoms. The molecule has 0 atom stereocenters. The van der Waals surface area contributed by atoms with Gasteiger partial charge in [-0.25, -0.2) is 0 Å². The Labute approximate surface area is 59.2 Å². The van der Waals surface area contributed by atoms with Crippen molar-refractivity contribution in [3.63, 3.8) is 0 Å². The maximum atomic E-state index is 1.58. The average Bonchev–Trinajstić information content (AvgIpc) is 2.21. The van der Waals surface area contributed by atoms with Gasteiger partial charge in [0.05, 0.1) is 0 Å². The fraction of sp³-hybridized carbons (Fsp3) is 1.00. The van der Waals surface area contributed by atoms with E-state index in [0.717, 1.165) is 11.8 Å². The average molecular weight is 142 g/mol. The van der Waals surface area contributed by atoms with Crippen molar-refractivity contribution >= 4 is 8.58 Å². The van der Waals surface area contributed by atoms with Crippen molar-refractivity contribution in [2.24, 2.45) is 11.8 Å². The van der Waals surface area contributed by atoms with Gasteiger partial charge in [-0.15, -0.1) is 8.58 Å². The molecule has 3 rings (SSSR count). The smallest absolute Gasteiger partial charge is 0.0325 e. The lowest BCUT2D eigenvalue weighted by molar-refractivity contribution is 0.326. The molecule has 0 unspecified atom stereocenters. The van der Waals surface area contributed by atoms with E-state index >= 15 is 0 Å². The molecule has 2 saturated heterocycles. The van der Waals surface area contributed by atoms with Crippen LogP contribution >= 0.6 is 8.58 Å². The van der Waals surface area contributed by atoms with Crippen LogP contribution in [0.4, 0.5) is 0 Å². The minimum Gasteiger partial charge on any atom is -0.122 e. The number of fused-ring (bicyclic) bond motifs is 4. The maximum absolute atomic E-state index is 1.58. The van der Waals surface area contributed by atoms with E-state index in [2.05, 4.69) is 0 Å². The van der Waals surface area contributed by atoms with Gasteiger partial charge >= 0.3 is 0 Å². The van der Waals surface area contributed by atoms with E-state index in [-0.39, 0.29) is 0 Å². The third-order valence-electron chi connectivity index (χ3n) is 2.83. The Bertz CT molecular complexity index is 75.2. The van der Waals surface area contributed by atoms with Crippen molar-refractivity contribution in [3.05, 3.63) is 0 Å². The first-order valence-corrected chi connectivity index (χ1v) is 5.57. The Morgan fingerprint density at radius 1 is 0.778 bits per heavy atom. The summed E-state index contributed by atoms with van der Waals surface area (Å²) in [5.74, 6) is 2.31. The van der Waals surface area contributed by atoms with Crippen molar-refractivity contribution in [1.29, 1.82) is 0 Å².